The van der Waals surface area contributed by atoms with Crippen molar-refractivity contribution in [3.63, 3.8) is 0 Å². The molecule has 5 nitrogen and oxygen atoms in total. The van der Waals surface area contributed by atoms with Crippen LogP contribution < -0.4 is 9.62 Å². The number of rotatable bonds is 3. The standard InChI is InChI=1S/C16H14Cl2N2O3S/c17-12-4-1-3-11(9-12)16(21)19-13-5-6-15(14(18)10-13)20-7-2-8-24(20,22)23/h1,3-6,9-10H,2,7-8H2,(H,19,21). The van der Waals surface area contributed by atoms with E-state index in [-0.39, 0.29) is 16.7 Å². The lowest BCUT2D eigenvalue weighted by molar-refractivity contribution is 0.102. The molecular weight excluding hydrogens is 371 g/mol. The average Bonchev–Trinajstić information content (AvgIpc) is 2.87. The van der Waals surface area contributed by atoms with Crippen molar-refractivity contribution in [1.82, 2.24) is 0 Å². The summed E-state index contributed by atoms with van der Waals surface area (Å²) < 4.78 is 25.3. The van der Waals surface area contributed by atoms with E-state index in [9.17, 15) is 13.2 Å². The SMILES string of the molecule is O=C(Nc1ccc(N2CCCS2(=O)=O)c(Cl)c1)c1cccc(Cl)c1. The van der Waals surface area contributed by atoms with Crippen LogP contribution in [0.25, 0.3) is 0 Å². The lowest BCUT2D eigenvalue weighted by Crippen LogP contribution is -2.25. The summed E-state index contributed by atoms with van der Waals surface area (Å²) in [7, 11) is -3.30. The van der Waals surface area contributed by atoms with Gasteiger partial charge in [0.25, 0.3) is 5.91 Å². The van der Waals surface area contributed by atoms with Gasteiger partial charge < -0.3 is 5.32 Å². The lowest BCUT2D eigenvalue weighted by Gasteiger charge is -2.19. The van der Waals surface area contributed by atoms with Gasteiger partial charge in [-0.05, 0) is 42.8 Å². The molecule has 0 bridgehead atoms. The van der Waals surface area contributed by atoms with Gasteiger partial charge in [-0.1, -0.05) is 29.3 Å². The Morgan fingerprint density at radius 2 is 1.92 bits per heavy atom. The Balaban J connectivity index is 1.81. The predicted octanol–water partition coefficient (Wildman–Crippen LogP) is 3.79. The first-order chi connectivity index (χ1) is 11.4. The molecule has 0 aliphatic carbocycles. The number of sulfonamides is 1. The molecule has 0 spiro atoms. The number of hydrogen-bond donors (Lipinski definition) is 1. The minimum absolute atomic E-state index is 0.122. The highest BCUT2D eigenvalue weighted by Gasteiger charge is 2.29. The van der Waals surface area contributed by atoms with Crippen LogP contribution >= 0.6 is 23.2 Å². The molecule has 24 heavy (non-hydrogen) atoms. The molecule has 1 aliphatic rings. The summed E-state index contributed by atoms with van der Waals surface area (Å²) >= 11 is 12.1. The number of hydrogen-bond acceptors (Lipinski definition) is 3. The Morgan fingerprint density at radius 1 is 1.12 bits per heavy atom. The van der Waals surface area contributed by atoms with Crippen molar-refractivity contribution in [2.24, 2.45) is 0 Å². The van der Waals surface area contributed by atoms with Crippen LogP contribution in [-0.4, -0.2) is 26.6 Å². The molecule has 3 rings (SSSR count). The zero-order chi connectivity index (χ0) is 17.3. The molecule has 1 amide bonds. The Labute approximate surface area is 150 Å². The second-order valence-electron chi connectivity index (χ2n) is 5.37. The number of nitrogens with one attached hydrogen (secondary N) is 1. The third-order valence-electron chi connectivity index (χ3n) is 3.66. The minimum Gasteiger partial charge on any atom is -0.322 e. The van der Waals surface area contributed by atoms with Gasteiger partial charge in [0.1, 0.15) is 0 Å². The zero-order valence-corrected chi connectivity index (χ0v) is 14.8. The monoisotopic (exact) mass is 384 g/mol. The summed E-state index contributed by atoms with van der Waals surface area (Å²) in [5, 5.41) is 3.45. The van der Waals surface area contributed by atoms with Crippen molar-refractivity contribution in [1.29, 1.82) is 0 Å². The van der Waals surface area contributed by atoms with Crippen LogP contribution in [0.2, 0.25) is 10.0 Å². The Hall–Kier alpha value is -1.76. The highest BCUT2D eigenvalue weighted by Crippen LogP contribution is 2.33. The van der Waals surface area contributed by atoms with Crippen LogP contribution in [0.4, 0.5) is 11.4 Å². The van der Waals surface area contributed by atoms with Gasteiger partial charge in [-0.2, -0.15) is 0 Å². The number of carbonyl (C=O) groups is 1. The molecule has 0 radical (unpaired) electrons. The molecule has 2 aromatic carbocycles. The van der Waals surface area contributed by atoms with Crippen molar-refractivity contribution < 1.29 is 13.2 Å². The van der Waals surface area contributed by atoms with E-state index in [1.54, 1.807) is 36.4 Å². The first-order valence-corrected chi connectivity index (χ1v) is 9.60. The van der Waals surface area contributed by atoms with Gasteiger partial charge in [-0.15, -0.1) is 0 Å². The van der Waals surface area contributed by atoms with E-state index in [0.29, 0.717) is 34.9 Å². The quantitative estimate of drug-likeness (QED) is 0.875. The Morgan fingerprint density at radius 3 is 2.54 bits per heavy atom. The zero-order valence-electron chi connectivity index (χ0n) is 12.5. The summed E-state index contributed by atoms with van der Waals surface area (Å²) in [6.45, 7) is 0.413. The van der Waals surface area contributed by atoms with Crippen LogP contribution in [0.15, 0.2) is 42.5 Å². The number of nitrogens with zero attached hydrogens (tertiary/aromatic N) is 1. The minimum atomic E-state index is -3.30. The first-order valence-electron chi connectivity index (χ1n) is 7.24. The maximum absolute atomic E-state index is 12.2. The maximum atomic E-state index is 12.2. The van der Waals surface area contributed by atoms with Crippen LogP contribution in [0, 0.1) is 0 Å². The molecule has 126 valence electrons. The molecule has 0 atom stereocenters. The number of amides is 1. The molecule has 1 saturated heterocycles. The van der Waals surface area contributed by atoms with E-state index in [1.807, 2.05) is 0 Å². The first kappa shape index (κ1) is 17.1. The molecule has 8 heteroatoms. The van der Waals surface area contributed by atoms with Gasteiger partial charge >= 0.3 is 0 Å². The molecule has 0 aromatic heterocycles. The Bertz CT molecular complexity index is 900. The smallest absolute Gasteiger partial charge is 0.255 e. The van der Waals surface area contributed by atoms with Crippen molar-refractivity contribution >= 4 is 50.5 Å². The fraction of sp³-hybridized carbons (Fsp3) is 0.188. The lowest BCUT2D eigenvalue weighted by atomic mass is 10.2. The van der Waals surface area contributed by atoms with Crippen molar-refractivity contribution in [3.8, 4) is 0 Å². The number of benzene rings is 2. The van der Waals surface area contributed by atoms with Gasteiger partial charge in [0.15, 0.2) is 0 Å². The fourth-order valence-electron chi connectivity index (χ4n) is 2.53. The number of halogens is 2. The molecule has 1 fully saturated rings. The van der Waals surface area contributed by atoms with E-state index in [0.717, 1.165) is 0 Å². The predicted molar refractivity (Wildman–Crippen MR) is 96.6 cm³/mol. The Kier molecular flexibility index (Phi) is 4.71. The number of carbonyl (C=O) groups excluding carboxylic acids is 1. The summed E-state index contributed by atoms with van der Waals surface area (Å²) in [6.07, 6.45) is 0.575. The van der Waals surface area contributed by atoms with E-state index >= 15 is 0 Å². The second-order valence-corrected chi connectivity index (χ2v) is 8.23. The van der Waals surface area contributed by atoms with Gasteiger partial charge in [-0.25, -0.2) is 8.42 Å². The van der Waals surface area contributed by atoms with Crippen molar-refractivity contribution in [2.45, 2.75) is 6.42 Å². The summed E-state index contributed by atoms with van der Waals surface area (Å²) in [4.78, 5) is 12.2. The molecule has 2 aromatic rings. The normalized spacial score (nSPS) is 16.2. The summed E-state index contributed by atoms with van der Waals surface area (Å²) in [5.74, 6) is -0.202. The van der Waals surface area contributed by atoms with E-state index < -0.39 is 10.0 Å². The maximum Gasteiger partial charge on any atom is 0.255 e. The fourth-order valence-corrected chi connectivity index (χ4v) is 4.63. The van der Waals surface area contributed by atoms with Gasteiger partial charge in [0.2, 0.25) is 10.0 Å². The van der Waals surface area contributed by atoms with Crippen molar-refractivity contribution in [3.05, 3.63) is 58.1 Å². The largest absolute Gasteiger partial charge is 0.322 e. The molecule has 1 heterocycles. The van der Waals surface area contributed by atoms with Crippen LogP contribution in [0.3, 0.4) is 0 Å². The van der Waals surface area contributed by atoms with Crippen LogP contribution in [0.5, 0.6) is 0 Å². The topological polar surface area (TPSA) is 66.5 Å². The second kappa shape index (κ2) is 6.63. The summed E-state index contributed by atoms with van der Waals surface area (Å²) in [5.41, 5.74) is 1.32. The molecule has 1 N–H and O–H groups in total. The van der Waals surface area contributed by atoms with Gasteiger partial charge in [0.05, 0.1) is 16.5 Å². The molecular formula is C16H14Cl2N2O3S. The van der Waals surface area contributed by atoms with Crippen molar-refractivity contribution in [2.75, 3.05) is 21.9 Å². The van der Waals surface area contributed by atoms with Gasteiger partial charge in [0, 0.05) is 22.8 Å². The molecule has 1 aliphatic heterocycles. The van der Waals surface area contributed by atoms with E-state index in [2.05, 4.69) is 5.32 Å². The van der Waals surface area contributed by atoms with E-state index in [1.165, 1.54) is 10.4 Å². The van der Waals surface area contributed by atoms with E-state index in [4.69, 9.17) is 23.2 Å². The highest BCUT2D eigenvalue weighted by atomic mass is 35.5. The van der Waals surface area contributed by atoms with Crippen LogP contribution in [0.1, 0.15) is 16.8 Å². The summed E-state index contributed by atoms with van der Waals surface area (Å²) in [6, 6.07) is 11.3. The third kappa shape index (κ3) is 3.50. The third-order valence-corrected chi connectivity index (χ3v) is 6.05. The highest BCUT2D eigenvalue weighted by molar-refractivity contribution is 7.93. The average molecular weight is 385 g/mol. The van der Waals surface area contributed by atoms with Crippen LogP contribution in [-0.2, 0) is 10.0 Å². The molecule has 0 unspecified atom stereocenters. The van der Waals surface area contributed by atoms with Gasteiger partial charge in [-0.3, -0.25) is 9.10 Å². The number of anilines is 2. The molecule has 0 saturated carbocycles.